The zero-order chi connectivity index (χ0) is 13.3. The number of rotatable bonds is 3. The Morgan fingerprint density at radius 1 is 1.28 bits per heavy atom. The van der Waals surface area contributed by atoms with Crippen molar-refractivity contribution >= 4 is 0 Å². The lowest BCUT2D eigenvalue weighted by atomic mass is 9.80. The number of hydrogen-bond donors (Lipinski definition) is 1. The van der Waals surface area contributed by atoms with Gasteiger partial charge in [-0.2, -0.15) is 13.2 Å². The molecule has 1 atom stereocenters. The lowest BCUT2D eigenvalue weighted by molar-refractivity contribution is -0.140. The van der Waals surface area contributed by atoms with Crippen LogP contribution in [0.3, 0.4) is 0 Å². The SMILES string of the molecule is OC(CC1CCC1)c1ccc(C(F)(F)F)c(F)c1. The van der Waals surface area contributed by atoms with Crippen molar-refractivity contribution in [2.75, 3.05) is 0 Å². The van der Waals surface area contributed by atoms with Crippen LogP contribution in [-0.4, -0.2) is 5.11 Å². The molecule has 100 valence electrons. The molecule has 0 radical (unpaired) electrons. The molecule has 1 N–H and O–H groups in total. The molecule has 1 unspecified atom stereocenters. The van der Waals surface area contributed by atoms with Gasteiger partial charge in [-0.25, -0.2) is 4.39 Å². The van der Waals surface area contributed by atoms with Crippen LogP contribution in [0.25, 0.3) is 0 Å². The van der Waals surface area contributed by atoms with Gasteiger partial charge in [-0.05, 0) is 30.0 Å². The van der Waals surface area contributed by atoms with E-state index >= 15 is 0 Å². The highest BCUT2D eigenvalue weighted by Crippen LogP contribution is 2.36. The fourth-order valence-corrected chi connectivity index (χ4v) is 2.15. The minimum absolute atomic E-state index is 0.215. The Hall–Kier alpha value is -1.10. The van der Waals surface area contributed by atoms with E-state index in [1.165, 1.54) is 0 Å². The minimum atomic E-state index is -4.69. The summed E-state index contributed by atoms with van der Waals surface area (Å²) >= 11 is 0. The fourth-order valence-electron chi connectivity index (χ4n) is 2.15. The molecule has 18 heavy (non-hydrogen) atoms. The van der Waals surface area contributed by atoms with Gasteiger partial charge >= 0.3 is 6.18 Å². The van der Waals surface area contributed by atoms with E-state index in [4.69, 9.17) is 0 Å². The molecule has 0 bridgehead atoms. The highest BCUT2D eigenvalue weighted by Gasteiger charge is 2.34. The van der Waals surface area contributed by atoms with Crippen LogP contribution >= 0.6 is 0 Å². The standard InChI is InChI=1S/C13H14F4O/c14-11-7-9(4-5-10(11)13(15,16)17)12(18)6-8-2-1-3-8/h4-5,7-8,12,18H,1-3,6H2. The summed E-state index contributed by atoms with van der Waals surface area (Å²) in [4.78, 5) is 0. The smallest absolute Gasteiger partial charge is 0.388 e. The van der Waals surface area contributed by atoms with Crippen LogP contribution in [0.4, 0.5) is 17.6 Å². The maximum atomic E-state index is 13.3. The number of halogens is 4. The molecule has 0 aromatic heterocycles. The summed E-state index contributed by atoms with van der Waals surface area (Å²) in [5.41, 5.74) is -1.07. The van der Waals surface area contributed by atoms with E-state index in [0.29, 0.717) is 18.4 Å². The van der Waals surface area contributed by atoms with Gasteiger partial charge in [0.05, 0.1) is 11.7 Å². The lowest BCUT2D eigenvalue weighted by Gasteiger charge is -2.27. The summed E-state index contributed by atoms with van der Waals surface area (Å²) in [6.45, 7) is 0. The number of benzene rings is 1. The van der Waals surface area contributed by atoms with E-state index in [1.54, 1.807) is 0 Å². The van der Waals surface area contributed by atoms with Crippen molar-refractivity contribution in [1.82, 2.24) is 0 Å². The minimum Gasteiger partial charge on any atom is -0.388 e. The second-order valence-electron chi connectivity index (χ2n) is 4.79. The molecule has 2 rings (SSSR count). The van der Waals surface area contributed by atoms with E-state index in [1.807, 2.05) is 0 Å². The van der Waals surface area contributed by atoms with Gasteiger partial charge in [0.2, 0.25) is 0 Å². The molecule has 1 aromatic carbocycles. The average Bonchev–Trinajstić information content (AvgIpc) is 2.21. The van der Waals surface area contributed by atoms with Gasteiger partial charge in [-0.1, -0.05) is 25.3 Å². The molecular formula is C13H14F4O. The highest BCUT2D eigenvalue weighted by molar-refractivity contribution is 5.27. The third-order valence-corrected chi connectivity index (χ3v) is 3.46. The predicted octanol–water partition coefficient (Wildman–Crippen LogP) is 4.07. The Kier molecular flexibility index (Phi) is 3.61. The molecule has 1 aliphatic carbocycles. The van der Waals surface area contributed by atoms with E-state index in [2.05, 4.69) is 0 Å². The van der Waals surface area contributed by atoms with Crippen LogP contribution in [0, 0.1) is 11.7 Å². The summed E-state index contributed by atoms with van der Waals surface area (Å²) in [6, 6.07) is 2.62. The molecule has 1 fully saturated rings. The van der Waals surface area contributed by atoms with Crippen LogP contribution < -0.4 is 0 Å². The normalized spacial score (nSPS) is 18.5. The van der Waals surface area contributed by atoms with Gasteiger partial charge in [-0.3, -0.25) is 0 Å². The van der Waals surface area contributed by atoms with Gasteiger partial charge in [-0.15, -0.1) is 0 Å². The second-order valence-corrected chi connectivity index (χ2v) is 4.79. The molecule has 5 heteroatoms. The zero-order valence-corrected chi connectivity index (χ0v) is 9.67. The highest BCUT2D eigenvalue weighted by atomic mass is 19.4. The third kappa shape index (κ3) is 2.83. The fraction of sp³-hybridized carbons (Fsp3) is 0.538. The topological polar surface area (TPSA) is 20.2 Å². The van der Waals surface area contributed by atoms with Crippen LogP contribution in [0.5, 0.6) is 0 Å². The summed E-state index contributed by atoms with van der Waals surface area (Å²) < 4.78 is 50.4. The van der Waals surface area contributed by atoms with Crippen molar-refractivity contribution in [3.63, 3.8) is 0 Å². The van der Waals surface area contributed by atoms with Gasteiger partial charge in [0.15, 0.2) is 0 Å². The summed E-state index contributed by atoms with van der Waals surface area (Å²) in [6.07, 6.45) is -1.90. The van der Waals surface area contributed by atoms with Crippen LogP contribution in [-0.2, 0) is 6.18 Å². The Bertz CT molecular complexity index is 423. The zero-order valence-electron chi connectivity index (χ0n) is 9.67. The van der Waals surface area contributed by atoms with E-state index in [9.17, 15) is 22.7 Å². The summed E-state index contributed by atoms with van der Waals surface area (Å²) in [7, 11) is 0. The molecule has 1 aromatic rings. The first kappa shape index (κ1) is 13.3. The number of alkyl halides is 3. The first-order valence-corrected chi connectivity index (χ1v) is 5.92. The quantitative estimate of drug-likeness (QED) is 0.814. The maximum Gasteiger partial charge on any atom is 0.419 e. The number of aliphatic hydroxyl groups excluding tert-OH is 1. The molecule has 1 aliphatic rings. The Balaban J connectivity index is 2.12. The van der Waals surface area contributed by atoms with E-state index in [-0.39, 0.29) is 5.56 Å². The maximum absolute atomic E-state index is 13.3. The average molecular weight is 262 g/mol. The Morgan fingerprint density at radius 3 is 2.39 bits per heavy atom. The lowest BCUT2D eigenvalue weighted by Crippen LogP contribution is -2.15. The van der Waals surface area contributed by atoms with Gasteiger partial charge in [0.1, 0.15) is 5.82 Å². The molecule has 0 amide bonds. The molecule has 0 heterocycles. The first-order valence-electron chi connectivity index (χ1n) is 5.92. The number of aliphatic hydroxyl groups is 1. The van der Waals surface area contributed by atoms with Gasteiger partial charge in [0.25, 0.3) is 0 Å². The summed E-state index contributed by atoms with van der Waals surface area (Å²) in [5.74, 6) is -0.919. The van der Waals surface area contributed by atoms with Gasteiger partial charge in [0, 0.05) is 0 Å². The van der Waals surface area contributed by atoms with Crippen LogP contribution in [0.1, 0.15) is 42.9 Å². The Morgan fingerprint density at radius 2 is 1.94 bits per heavy atom. The van der Waals surface area contributed by atoms with Crippen molar-refractivity contribution in [3.8, 4) is 0 Å². The second kappa shape index (κ2) is 4.88. The molecule has 0 saturated heterocycles. The summed E-state index contributed by atoms with van der Waals surface area (Å²) in [5, 5.41) is 9.83. The third-order valence-electron chi connectivity index (χ3n) is 3.46. The van der Waals surface area contributed by atoms with Crippen LogP contribution in [0.15, 0.2) is 18.2 Å². The molecular weight excluding hydrogens is 248 g/mol. The van der Waals surface area contributed by atoms with E-state index < -0.39 is 23.7 Å². The van der Waals surface area contributed by atoms with Crippen molar-refractivity contribution in [2.45, 2.75) is 38.0 Å². The van der Waals surface area contributed by atoms with Crippen molar-refractivity contribution in [2.24, 2.45) is 5.92 Å². The predicted molar refractivity (Wildman–Crippen MR) is 58.3 cm³/mol. The first-order chi connectivity index (χ1) is 8.38. The van der Waals surface area contributed by atoms with Crippen molar-refractivity contribution in [1.29, 1.82) is 0 Å². The van der Waals surface area contributed by atoms with Gasteiger partial charge < -0.3 is 5.11 Å². The van der Waals surface area contributed by atoms with Crippen molar-refractivity contribution in [3.05, 3.63) is 35.1 Å². The monoisotopic (exact) mass is 262 g/mol. The van der Waals surface area contributed by atoms with Crippen molar-refractivity contribution < 1.29 is 22.7 Å². The van der Waals surface area contributed by atoms with E-state index in [0.717, 1.165) is 31.4 Å². The largest absolute Gasteiger partial charge is 0.419 e. The molecule has 0 spiro atoms. The Labute approximate surface area is 102 Å². The van der Waals surface area contributed by atoms with Crippen LogP contribution in [0.2, 0.25) is 0 Å². The number of hydrogen-bond acceptors (Lipinski definition) is 1. The molecule has 1 saturated carbocycles. The molecule has 0 aliphatic heterocycles. The molecule has 1 nitrogen and oxygen atoms in total.